The van der Waals surface area contributed by atoms with Gasteiger partial charge >= 0.3 is 0 Å². The second-order valence-corrected chi connectivity index (χ2v) is 5.27. The van der Waals surface area contributed by atoms with Crippen LogP contribution in [0.3, 0.4) is 0 Å². The lowest BCUT2D eigenvalue weighted by Gasteiger charge is -2.13. The number of alkyl halides is 1. The van der Waals surface area contributed by atoms with Crippen molar-refractivity contribution in [1.29, 1.82) is 0 Å². The van der Waals surface area contributed by atoms with Crippen LogP contribution >= 0.6 is 15.9 Å². The summed E-state index contributed by atoms with van der Waals surface area (Å²) in [6.45, 7) is 4.53. The first-order chi connectivity index (χ1) is 9.10. The number of para-hydroxylation sites is 1. The first-order valence-corrected chi connectivity index (χ1v) is 7.33. The van der Waals surface area contributed by atoms with Gasteiger partial charge in [-0.1, -0.05) is 41.9 Å². The zero-order valence-corrected chi connectivity index (χ0v) is 12.8. The predicted molar refractivity (Wildman–Crippen MR) is 80.7 cm³/mol. The Balaban J connectivity index is 2.84. The predicted octanol–water partition coefficient (Wildman–Crippen LogP) is 2.94. The van der Waals surface area contributed by atoms with Crippen molar-refractivity contribution in [2.75, 3.05) is 11.9 Å². The first-order valence-electron chi connectivity index (χ1n) is 6.42. The first kappa shape index (κ1) is 15.7. The Kier molecular flexibility index (Phi) is 6.56. The number of hydrogen-bond acceptors (Lipinski definition) is 2. The maximum atomic E-state index is 12.0. The number of hydrogen-bond donors (Lipinski definition) is 2. The standard InChI is InChI=1S/C14H19BrN2O2/c1-3-9-16-13(18)10-7-5-6-8-12(10)17-14(19)11(15)4-2/h5-8,11H,3-4,9H2,1-2H3,(H,16,18)(H,17,19). The Morgan fingerprint density at radius 2 is 1.95 bits per heavy atom. The summed E-state index contributed by atoms with van der Waals surface area (Å²) >= 11 is 3.29. The van der Waals surface area contributed by atoms with Gasteiger partial charge in [0.15, 0.2) is 0 Å². The molecule has 0 fully saturated rings. The maximum Gasteiger partial charge on any atom is 0.253 e. The summed E-state index contributed by atoms with van der Waals surface area (Å²) in [5, 5.41) is 5.58. The van der Waals surface area contributed by atoms with E-state index in [4.69, 9.17) is 0 Å². The van der Waals surface area contributed by atoms with E-state index in [0.717, 1.165) is 6.42 Å². The number of carbonyl (C=O) groups is 2. The minimum atomic E-state index is -0.251. The molecule has 0 spiro atoms. The van der Waals surface area contributed by atoms with Crippen LogP contribution in [0.4, 0.5) is 5.69 Å². The van der Waals surface area contributed by atoms with E-state index < -0.39 is 0 Å². The number of halogens is 1. The molecule has 5 heteroatoms. The molecule has 0 aromatic heterocycles. The van der Waals surface area contributed by atoms with Crippen LogP contribution in [-0.2, 0) is 4.79 Å². The SMILES string of the molecule is CCCNC(=O)c1ccccc1NC(=O)C(Br)CC. The fourth-order valence-corrected chi connectivity index (χ4v) is 1.63. The number of rotatable bonds is 6. The molecule has 0 saturated heterocycles. The third-order valence-corrected chi connectivity index (χ3v) is 3.67. The van der Waals surface area contributed by atoms with Crippen LogP contribution in [0.5, 0.6) is 0 Å². The highest BCUT2D eigenvalue weighted by molar-refractivity contribution is 9.10. The summed E-state index contributed by atoms with van der Waals surface area (Å²) in [6, 6.07) is 7.01. The van der Waals surface area contributed by atoms with Gasteiger partial charge < -0.3 is 10.6 Å². The molecule has 1 atom stereocenters. The highest BCUT2D eigenvalue weighted by Gasteiger charge is 2.16. The van der Waals surface area contributed by atoms with E-state index in [0.29, 0.717) is 24.2 Å². The maximum absolute atomic E-state index is 12.0. The lowest BCUT2D eigenvalue weighted by Crippen LogP contribution is -2.27. The van der Waals surface area contributed by atoms with Gasteiger partial charge in [-0.05, 0) is 25.0 Å². The molecule has 0 aliphatic carbocycles. The van der Waals surface area contributed by atoms with E-state index in [1.165, 1.54) is 0 Å². The molecule has 19 heavy (non-hydrogen) atoms. The summed E-state index contributed by atoms with van der Waals surface area (Å²) in [4.78, 5) is 23.6. The molecule has 0 aliphatic heterocycles. The van der Waals surface area contributed by atoms with Crippen LogP contribution in [0.15, 0.2) is 24.3 Å². The largest absolute Gasteiger partial charge is 0.352 e. The van der Waals surface area contributed by atoms with Gasteiger partial charge in [-0.15, -0.1) is 0 Å². The van der Waals surface area contributed by atoms with Crippen LogP contribution in [0.25, 0.3) is 0 Å². The molecule has 0 saturated carbocycles. The lowest BCUT2D eigenvalue weighted by atomic mass is 10.1. The molecule has 0 heterocycles. The van der Waals surface area contributed by atoms with E-state index in [-0.39, 0.29) is 16.6 Å². The van der Waals surface area contributed by atoms with Crippen molar-refractivity contribution >= 4 is 33.4 Å². The molecule has 2 amide bonds. The Morgan fingerprint density at radius 1 is 1.26 bits per heavy atom. The average molecular weight is 327 g/mol. The summed E-state index contributed by atoms with van der Waals surface area (Å²) < 4.78 is 0. The van der Waals surface area contributed by atoms with Crippen molar-refractivity contribution in [1.82, 2.24) is 5.32 Å². The Morgan fingerprint density at radius 3 is 2.58 bits per heavy atom. The van der Waals surface area contributed by atoms with Gasteiger partial charge in [0.05, 0.1) is 16.1 Å². The Labute approximate surface area is 122 Å². The van der Waals surface area contributed by atoms with Gasteiger partial charge in [0.2, 0.25) is 5.91 Å². The van der Waals surface area contributed by atoms with E-state index in [9.17, 15) is 9.59 Å². The zero-order chi connectivity index (χ0) is 14.3. The molecular formula is C14H19BrN2O2. The van der Waals surface area contributed by atoms with E-state index in [2.05, 4.69) is 26.6 Å². The monoisotopic (exact) mass is 326 g/mol. The number of amides is 2. The third kappa shape index (κ3) is 4.67. The molecule has 1 aromatic carbocycles. The van der Waals surface area contributed by atoms with Gasteiger partial charge in [0, 0.05) is 6.54 Å². The number of benzene rings is 1. The summed E-state index contributed by atoms with van der Waals surface area (Å²) in [5.41, 5.74) is 1.03. The quantitative estimate of drug-likeness (QED) is 0.789. The molecule has 2 N–H and O–H groups in total. The summed E-state index contributed by atoms with van der Waals surface area (Å²) in [5.74, 6) is -0.307. The van der Waals surface area contributed by atoms with E-state index >= 15 is 0 Å². The van der Waals surface area contributed by atoms with Gasteiger partial charge in [0.1, 0.15) is 0 Å². The molecule has 4 nitrogen and oxygen atoms in total. The molecular weight excluding hydrogens is 308 g/mol. The molecule has 0 bridgehead atoms. The van der Waals surface area contributed by atoms with E-state index in [1.807, 2.05) is 13.8 Å². The fraction of sp³-hybridized carbons (Fsp3) is 0.429. The van der Waals surface area contributed by atoms with Gasteiger partial charge in [-0.25, -0.2) is 0 Å². The molecule has 1 rings (SSSR count). The molecule has 0 aliphatic rings. The molecule has 0 radical (unpaired) electrons. The smallest absolute Gasteiger partial charge is 0.253 e. The van der Waals surface area contributed by atoms with Crippen LogP contribution in [0.1, 0.15) is 37.0 Å². The molecule has 104 valence electrons. The lowest BCUT2D eigenvalue weighted by molar-refractivity contribution is -0.115. The van der Waals surface area contributed by atoms with Crippen molar-refractivity contribution in [3.8, 4) is 0 Å². The Bertz CT molecular complexity index is 449. The van der Waals surface area contributed by atoms with Crippen LogP contribution in [-0.4, -0.2) is 23.2 Å². The third-order valence-electron chi connectivity index (χ3n) is 2.61. The molecule has 1 aromatic rings. The van der Waals surface area contributed by atoms with Crippen molar-refractivity contribution in [3.05, 3.63) is 29.8 Å². The second kappa shape index (κ2) is 7.94. The highest BCUT2D eigenvalue weighted by Crippen LogP contribution is 2.17. The van der Waals surface area contributed by atoms with E-state index in [1.54, 1.807) is 24.3 Å². The van der Waals surface area contributed by atoms with Crippen LogP contribution in [0, 0.1) is 0 Å². The number of anilines is 1. The summed E-state index contributed by atoms with van der Waals surface area (Å²) in [6.07, 6.45) is 1.57. The second-order valence-electron chi connectivity index (χ2n) is 4.17. The Hall–Kier alpha value is -1.36. The van der Waals surface area contributed by atoms with Crippen LogP contribution < -0.4 is 10.6 Å². The van der Waals surface area contributed by atoms with Gasteiger partial charge in [0.25, 0.3) is 5.91 Å². The highest BCUT2D eigenvalue weighted by atomic mass is 79.9. The normalized spacial score (nSPS) is 11.7. The number of nitrogens with one attached hydrogen (secondary N) is 2. The van der Waals surface area contributed by atoms with Gasteiger partial charge in [-0.3, -0.25) is 9.59 Å². The van der Waals surface area contributed by atoms with Crippen LogP contribution in [0.2, 0.25) is 0 Å². The van der Waals surface area contributed by atoms with Gasteiger partial charge in [-0.2, -0.15) is 0 Å². The summed E-state index contributed by atoms with van der Waals surface area (Å²) in [7, 11) is 0. The minimum Gasteiger partial charge on any atom is -0.352 e. The van der Waals surface area contributed by atoms with Crippen molar-refractivity contribution in [3.63, 3.8) is 0 Å². The van der Waals surface area contributed by atoms with Crippen molar-refractivity contribution in [2.45, 2.75) is 31.5 Å². The fourth-order valence-electron chi connectivity index (χ4n) is 1.52. The van der Waals surface area contributed by atoms with Crippen molar-refractivity contribution < 1.29 is 9.59 Å². The molecule has 1 unspecified atom stereocenters. The van der Waals surface area contributed by atoms with Crippen molar-refractivity contribution in [2.24, 2.45) is 0 Å². The number of carbonyl (C=O) groups excluding carboxylic acids is 2. The average Bonchev–Trinajstić information content (AvgIpc) is 2.44. The minimum absolute atomic E-state index is 0.141. The topological polar surface area (TPSA) is 58.2 Å². The zero-order valence-electron chi connectivity index (χ0n) is 11.2.